The van der Waals surface area contributed by atoms with Crippen LogP contribution in [-0.4, -0.2) is 39.3 Å². The van der Waals surface area contributed by atoms with Crippen molar-refractivity contribution in [2.24, 2.45) is 0 Å². The first-order chi connectivity index (χ1) is 13.6. The van der Waals surface area contributed by atoms with E-state index in [0.717, 1.165) is 31.0 Å². The van der Waals surface area contributed by atoms with Crippen molar-refractivity contribution in [3.8, 4) is 0 Å². The number of hydrogen-bond donors (Lipinski definition) is 3. The topological polar surface area (TPSA) is 62.8 Å². The second kappa shape index (κ2) is 8.10. The molecule has 1 aromatic carbocycles. The lowest BCUT2D eigenvalue weighted by molar-refractivity contribution is 0.00539. The summed E-state index contributed by atoms with van der Waals surface area (Å²) >= 11 is 0. The predicted molar refractivity (Wildman–Crippen MR) is 126 cm³/mol. The molecule has 0 atom stereocenters. The fourth-order valence-corrected chi connectivity index (χ4v) is 7.72. The summed E-state index contributed by atoms with van der Waals surface area (Å²) < 4.78 is 13.1. The monoisotopic (exact) mass is 437 g/mol. The summed E-state index contributed by atoms with van der Waals surface area (Å²) in [5, 5.41) is 8.14. The maximum absolute atomic E-state index is 11.9. The molecule has 2 fully saturated rings. The Kier molecular flexibility index (Phi) is 6.51. The minimum absolute atomic E-state index is 0.0628. The highest BCUT2D eigenvalue weighted by Crippen LogP contribution is 2.60. The standard InChI is InChI=1S/C24H42N2O3P/c1-21(2)14-18(15-22(3,4)25-21)28-30(27,20-12-10-9-11-13-20)29-19-16-23(5,6)26-24(7,8)17-19/h9-13,18-19,25-27H,14-17H2,1-8H3/q+1. The number of benzene rings is 1. The summed E-state index contributed by atoms with van der Waals surface area (Å²) in [6.07, 6.45) is 3.18. The van der Waals surface area contributed by atoms with Gasteiger partial charge in [-0.05, 0) is 93.2 Å². The molecule has 2 aliphatic rings. The van der Waals surface area contributed by atoms with Crippen molar-refractivity contribution in [1.82, 2.24) is 10.6 Å². The molecule has 6 heteroatoms. The first kappa shape index (κ1) is 24.1. The third-order valence-corrected chi connectivity index (χ3v) is 8.09. The summed E-state index contributed by atoms with van der Waals surface area (Å²) in [5.74, 6) is 0. The fraction of sp³-hybridized carbons (Fsp3) is 0.750. The van der Waals surface area contributed by atoms with Crippen LogP contribution in [0.1, 0.15) is 81.1 Å². The van der Waals surface area contributed by atoms with E-state index in [0.29, 0.717) is 0 Å². The van der Waals surface area contributed by atoms with E-state index in [1.165, 1.54) is 0 Å². The van der Waals surface area contributed by atoms with E-state index in [1.807, 2.05) is 30.3 Å². The largest absolute Gasteiger partial charge is 0.446 e. The molecule has 0 aliphatic carbocycles. The highest BCUT2D eigenvalue weighted by molar-refractivity contribution is 7.68. The molecule has 0 spiro atoms. The lowest BCUT2D eigenvalue weighted by Gasteiger charge is -2.47. The molecule has 0 radical (unpaired) electrons. The Morgan fingerprint density at radius 3 is 1.37 bits per heavy atom. The van der Waals surface area contributed by atoms with Crippen molar-refractivity contribution >= 4 is 13.2 Å². The van der Waals surface area contributed by atoms with Crippen LogP contribution in [0, 0.1) is 0 Å². The SMILES string of the molecule is CC1(C)CC(O[P+](O)(OC2CC(C)(C)NC(C)(C)C2)c2ccccc2)CC(C)(C)N1. The quantitative estimate of drug-likeness (QED) is 0.582. The van der Waals surface area contributed by atoms with Gasteiger partial charge in [0.15, 0.2) is 5.30 Å². The normalized spacial score (nSPS) is 26.4. The van der Waals surface area contributed by atoms with E-state index in [-0.39, 0.29) is 34.4 Å². The van der Waals surface area contributed by atoms with Crippen LogP contribution < -0.4 is 15.9 Å². The van der Waals surface area contributed by atoms with Gasteiger partial charge in [-0.25, -0.2) is 0 Å². The molecule has 2 saturated heterocycles. The van der Waals surface area contributed by atoms with Crippen molar-refractivity contribution in [1.29, 1.82) is 0 Å². The van der Waals surface area contributed by atoms with Gasteiger partial charge in [0.2, 0.25) is 0 Å². The fourth-order valence-electron chi connectivity index (χ4n) is 5.77. The highest BCUT2D eigenvalue weighted by atomic mass is 31.2. The predicted octanol–water partition coefficient (Wildman–Crippen LogP) is 4.72. The van der Waals surface area contributed by atoms with Crippen molar-refractivity contribution in [2.75, 3.05) is 0 Å². The van der Waals surface area contributed by atoms with Gasteiger partial charge in [-0.3, -0.25) is 0 Å². The summed E-state index contributed by atoms with van der Waals surface area (Å²) in [7, 11) is -3.24. The Hall–Kier alpha value is -0.550. The summed E-state index contributed by atoms with van der Waals surface area (Å²) in [4.78, 5) is 11.9. The van der Waals surface area contributed by atoms with Gasteiger partial charge in [0.05, 0.1) is 0 Å². The van der Waals surface area contributed by atoms with E-state index in [9.17, 15) is 4.89 Å². The van der Waals surface area contributed by atoms with Gasteiger partial charge in [-0.2, -0.15) is 13.9 Å². The van der Waals surface area contributed by atoms with Crippen LogP contribution in [0.4, 0.5) is 0 Å². The lowest BCUT2D eigenvalue weighted by atomic mass is 9.81. The third-order valence-electron chi connectivity index (χ3n) is 5.97. The Bertz CT molecular complexity index is 661. The Morgan fingerprint density at radius 2 is 1.03 bits per heavy atom. The molecule has 0 saturated carbocycles. The third kappa shape index (κ3) is 6.25. The molecule has 3 rings (SSSR count). The maximum atomic E-state index is 11.9. The van der Waals surface area contributed by atoms with Crippen molar-refractivity contribution in [3.05, 3.63) is 30.3 Å². The highest BCUT2D eigenvalue weighted by Gasteiger charge is 2.53. The second-order valence-electron chi connectivity index (χ2n) is 11.9. The summed E-state index contributed by atoms with van der Waals surface area (Å²) in [5.41, 5.74) is -0.251. The van der Waals surface area contributed by atoms with Crippen molar-refractivity contribution in [3.63, 3.8) is 0 Å². The second-order valence-corrected chi connectivity index (χ2v) is 13.9. The van der Waals surface area contributed by atoms with Crippen LogP contribution in [0.3, 0.4) is 0 Å². The first-order valence-electron chi connectivity index (χ1n) is 11.2. The lowest BCUT2D eigenvalue weighted by Crippen LogP contribution is -2.60. The van der Waals surface area contributed by atoms with E-state index in [4.69, 9.17) is 9.05 Å². The molecule has 30 heavy (non-hydrogen) atoms. The van der Waals surface area contributed by atoms with Crippen LogP contribution in [-0.2, 0) is 9.05 Å². The zero-order valence-electron chi connectivity index (χ0n) is 20.1. The molecule has 0 aromatic heterocycles. The maximum Gasteiger partial charge on any atom is 0.446 e. The number of rotatable bonds is 5. The van der Waals surface area contributed by atoms with Gasteiger partial charge < -0.3 is 10.6 Å². The molecule has 3 N–H and O–H groups in total. The zero-order chi connectivity index (χ0) is 22.4. The van der Waals surface area contributed by atoms with E-state index in [2.05, 4.69) is 66.0 Å². The van der Waals surface area contributed by atoms with Gasteiger partial charge in [-0.1, -0.05) is 18.2 Å². The van der Waals surface area contributed by atoms with E-state index >= 15 is 0 Å². The number of nitrogens with one attached hydrogen (secondary N) is 2. The van der Waals surface area contributed by atoms with Crippen molar-refractivity contribution < 1.29 is 13.9 Å². The molecule has 2 heterocycles. The van der Waals surface area contributed by atoms with Crippen LogP contribution >= 0.6 is 7.94 Å². The van der Waals surface area contributed by atoms with Crippen molar-refractivity contribution in [2.45, 2.75) is 115 Å². The zero-order valence-corrected chi connectivity index (χ0v) is 21.0. The molecular formula is C24H42N2O3P+. The minimum Gasteiger partial charge on any atom is -0.307 e. The van der Waals surface area contributed by atoms with Gasteiger partial charge in [0, 0.05) is 22.2 Å². The Morgan fingerprint density at radius 1 is 0.700 bits per heavy atom. The molecule has 5 nitrogen and oxygen atoms in total. The summed E-state index contributed by atoms with van der Waals surface area (Å²) in [6, 6.07) is 9.71. The molecule has 1 aromatic rings. The van der Waals surface area contributed by atoms with Crippen LogP contribution in [0.2, 0.25) is 0 Å². The minimum atomic E-state index is -3.24. The van der Waals surface area contributed by atoms with Crippen LogP contribution in [0.25, 0.3) is 0 Å². The Labute approximate surface area is 183 Å². The van der Waals surface area contributed by atoms with Crippen LogP contribution in [0.5, 0.6) is 0 Å². The molecule has 170 valence electrons. The first-order valence-corrected chi connectivity index (χ1v) is 12.8. The molecular weight excluding hydrogens is 395 g/mol. The average Bonchev–Trinajstić information content (AvgIpc) is 2.49. The van der Waals surface area contributed by atoms with Gasteiger partial charge >= 0.3 is 7.94 Å². The van der Waals surface area contributed by atoms with Gasteiger partial charge in [0.1, 0.15) is 12.2 Å². The molecule has 2 aliphatic heterocycles. The van der Waals surface area contributed by atoms with E-state index < -0.39 is 7.94 Å². The smallest absolute Gasteiger partial charge is 0.307 e. The van der Waals surface area contributed by atoms with Gasteiger partial charge in [0.25, 0.3) is 0 Å². The van der Waals surface area contributed by atoms with Crippen LogP contribution in [0.15, 0.2) is 30.3 Å². The molecule has 0 bridgehead atoms. The summed E-state index contributed by atoms with van der Waals surface area (Å²) in [6.45, 7) is 17.6. The Balaban J connectivity index is 1.87. The molecule has 0 unspecified atom stereocenters. The molecule has 0 amide bonds. The average molecular weight is 438 g/mol. The number of hydrogen-bond acceptors (Lipinski definition) is 5. The van der Waals surface area contributed by atoms with E-state index in [1.54, 1.807) is 0 Å². The van der Waals surface area contributed by atoms with Gasteiger partial charge in [-0.15, -0.1) is 0 Å². The number of piperidine rings is 2.